The van der Waals surface area contributed by atoms with Crippen molar-refractivity contribution in [3.8, 4) is 11.3 Å². The largest absolute Gasteiger partial charge is 0.481 e. The van der Waals surface area contributed by atoms with Crippen LogP contribution in [0.15, 0.2) is 45.9 Å². The van der Waals surface area contributed by atoms with Gasteiger partial charge >= 0.3 is 5.97 Å². The van der Waals surface area contributed by atoms with E-state index in [0.29, 0.717) is 16.5 Å². The van der Waals surface area contributed by atoms with Crippen molar-refractivity contribution in [2.24, 2.45) is 0 Å². The summed E-state index contributed by atoms with van der Waals surface area (Å²) in [5.74, 6) is 0.392. The number of hydrogen-bond donors (Lipinski definition) is 1. The van der Waals surface area contributed by atoms with Crippen molar-refractivity contribution in [2.75, 3.05) is 5.75 Å². The lowest BCUT2D eigenvalue weighted by Gasteiger charge is -1.92. The first kappa shape index (κ1) is 11.7. The summed E-state index contributed by atoms with van der Waals surface area (Å²) in [6.07, 6.45) is 0.123. The molecule has 0 amide bonds. The Labute approximate surface area is 103 Å². The molecule has 5 heteroatoms. The first-order valence-electron chi connectivity index (χ1n) is 5.12. The van der Waals surface area contributed by atoms with E-state index in [1.54, 1.807) is 0 Å². The fourth-order valence-electron chi connectivity index (χ4n) is 1.31. The van der Waals surface area contributed by atoms with Gasteiger partial charge in [0.25, 0.3) is 0 Å². The molecular weight excluding hydrogens is 238 g/mol. The lowest BCUT2D eigenvalue weighted by atomic mass is 10.2. The Morgan fingerprint density at radius 2 is 2.12 bits per heavy atom. The van der Waals surface area contributed by atoms with Crippen LogP contribution in [0.4, 0.5) is 0 Å². The fourth-order valence-corrected chi connectivity index (χ4v) is 2.07. The summed E-state index contributed by atoms with van der Waals surface area (Å²) in [6, 6.07) is 11.5. The summed E-state index contributed by atoms with van der Waals surface area (Å²) in [6.45, 7) is 0. The van der Waals surface area contributed by atoms with Crippen LogP contribution in [0.2, 0.25) is 0 Å². The van der Waals surface area contributed by atoms with Crippen LogP contribution in [-0.4, -0.2) is 22.0 Å². The molecule has 0 spiro atoms. The monoisotopic (exact) mass is 249 g/mol. The third kappa shape index (κ3) is 3.35. The van der Waals surface area contributed by atoms with Gasteiger partial charge in [0.05, 0.1) is 6.42 Å². The molecule has 0 radical (unpaired) electrons. The number of aromatic nitrogens is 1. The molecule has 1 aromatic carbocycles. The number of hydrogen-bond acceptors (Lipinski definition) is 4. The predicted molar refractivity (Wildman–Crippen MR) is 64.9 cm³/mol. The van der Waals surface area contributed by atoms with Gasteiger partial charge in [-0.25, -0.2) is 0 Å². The molecule has 0 saturated heterocycles. The third-order valence-corrected chi connectivity index (χ3v) is 3.01. The molecule has 4 nitrogen and oxygen atoms in total. The fraction of sp³-hybridized carbons (Fsp3) is 0.167. The van der Waals surface area contributed by atoms with Gasteiger partial charge in [-0.05, 0) is 0 Å². The molecule has 0 unspecified atom stereocenters. The van der Waals surface area contributed by atoms with Crippen LogP contribution in [0, 0.1) is 0 Å². The van der Waals surface area contributed by atoms with Crippen molar-refractivity contribution < 1.29 is 14.4 Å². The van der Waals surface area contributed by atoms with E-state index in [1.165, 1.54) is 11.8 Å². The van der Waals surface area contributed by atoms with Crippen LogP contribution < -0.4 is 0 Å². The van der Waals surface area contributed by atoms with Crippen molar-refractivity contribution in [1.82, 2.24) is 5.16 Å². The normalized spacial score (nSPS) is 10.4. The molecule has 0 aliphatic heterocycles. The van der Waals surface area contributed by atoms with Gasteiger partial charge in [0, 0.05) is 17.4 Å². The Bertz CT molecular complexity index is 495. The first-order valence-corrected chi connectivity index (χ1v) is 6.11. The summed E-state index contributed by atoms with van der Waals surface area (Å²) in [5.41, 5.74) is 0.963. The molecule has 0 aliphatic carbocycles. The summed E-state index contributed by atoms with van der Waals surface area (Å²) < 4.78 is 5.19. The van der Waals surface area contributed by atoms with Crippen molar-refractivity contribution in [3.63, 3.8) is 0 Å². The van der Waals surface area contributed by atoms with Gasteiger partial charge < -0.3 is 9.63 Å². The second kappa shape index (κ2) is 5.54. The molecule has 0 aliphatic rings. The molecule has 0 saturated carbocycles. The number of nitrogens with zero attached hydrogens (tertiary/aromatic N) is 1. The molecule has 2 rings (SSSR count). The smallest absolute Gasteiger partial charge is 0.304 e. The molecule has 1 heterocycles. The average molecular weight is 249 g/mol. The molecule has 0 bridgehead atoms. The van der Waals surface area contributed by atoms with E-state index in [2.05, 4.69) is 5.16 Å². The standard InChI is InChI=1S/C12H11NO3S/c14-12(15)6-7-17-11-8-10(16-13-11)9-4-2-1-3-5-9/h1-5,8H,6-7H2,(H,14,15). The highest BCUT2D eigenvalue weighted by Gasteiger charge is 2.07. The molecule has 88 valence electrons. The summed E-state index contributed by atoms with van der Waals surface area (Å²) in [4.78, 5) is 10.4. The Kier molecular flexibility index (Phi) is 3.82. The number of carbonyl (C=O) groups is 1. The van der Waals surface area contributed by atoms with E-state index >= 15 is 0 Å². The van der Waals surface area contributed by atoms with Gasteiger partial charge in [-0.1, -0.05) is 35.5 Å². The molecule has 0 fully saturated rings. The minimum absolute atomic E-state index is 0.123. The van der Waals surface area contributed by atoms with Crippen molar-refractivity contribution >= 4 is 17.7 Å². The molecule has 1 N–H and O–H groups in total. The van der Waals surface area contributed by atoms with Gasteiger partial charge in [-0.3, -0.25) is 4.79 Å². The summed E-state index contributed by atoms with van der Waals surface area (Å²) in [5, 5.41) is 13.1. The van der Waals surface area contributed by atoms with E-state index in [0.717, 1.165) is 5.56 Å². The quantitative estimate of drug-likeness (QED) is 0.825. The summed E-state index contributed by atoms with van der Waals surface area (Å²) in [7, 11) is 0. The number of carboxylic acid groups (broad SMARTS) is 1. The van der Waals surface area contributed by atoms with E-state index in [4.69, 9.17) is 9.63 Å². The first-order chi connectivity index (χ1) is 8.25. The maximum atomic E-state index is 10.4. The van der Waals surface area contributed by atoms with Crippen molar-refractivity contribution in [2.45, 2.75) is 11.4 Å². The van der Waals surface area contributed by atoms with E-state index in [9.17, 15) is 4.79 Å². The van der Waals surface area contributed by atoms with E-state index < -0.39 is 5.97 Å². The second-order valence-electron chi connectivity index (χ2n) is 3.39. The minimum Gasteiger partial charge on any atom is -0.481 e. The molecule has 17 heavy (non-hydrogen) atoms. The van der Waals surface area contributed by atoms with Gasteiger partial charge in [0.1, 0.15) is 5.03 Å². The van der Waals surface area contributed by atoms with E-state index in [-0.39, 0.29) is 6.42 Å². The van der Waals surface area contributed by atoms with E-state index in [1.807, 2.05) is 36.4 Å². The summed E-state index contributed by atoms with van der Waals surface area (Å²) >= 11 is 1.38. The average Bonchev–Trinajstić information content (AvgIpc) is 2.78. The van der Waals surface area contributed by atoms with Crippen LogP contribution in [0.1, 0.15) is 6.42 Å². The molecule has 2 aromatic rings. The van der Waals surface area contributed by atoms with Crippen LogP contribution in [0.3, 0.4) is 0 Å². The Hall–Kier alpha value is -1.75. The zero-order chi connectivity index (χ0) is 12.1. The van der Waals surface area contributed by atoms with Crippen LogP contribution in [0.25, 0.3) is 11.3 Å². The lowest BCUT2D eigenvalue weighted by Crippen LogP contribution is -1.95. The highest BCUT2D eigenvalue weighted by atomic mass is 32.2. The van der Waals surface area contributed by atoms with Gasteiger partial charge in [-0.15, -0.1) is 11.8 Å². The number of rotatable bonds is 5. The van der Waals surface area contributed by atoms with Gasteiger partial charge in [0.2, 0.25) is 0 Å². The number of thioether (sulfide) groups is 1. The topological polar surface area (TPSA) is 63.3 Å². The van der Waals surface area contributed by atoms with Crippen LogP contribution in [0.5, 0.6) is 0 Å². The highest BCUT2D eigenvalue weighted by molar-refractivity contribution is 7.99. The second-order valence-corrected chi connectivity index (χ2v) is 4.50. The Morgan fingerprint density at radius 1 is 1.35 bits per heavy atom. The SMILES string of the molecule is O=C(O)CCSc1cc(-c2ccccc2)on1. The third-order valence-electron chi connectivity index (χ3n) is 2.11. The number of carboxylic acids is 1. The Balaban J connectivity index is 1.99. The number of aliphatic carboxylic acids is 1. The lowest BCUT2D eigenvalue weighted by molar-refractivity contribution is -0.136. The molecule has 0 atom stereocenters. The van der Waals surface area contributed by atoms with Crippen LogP contribution >= 0.6 is 11.8 Å². The predicted octanol–water partition coefficient (Wildman–Crippen LogP) is 2.91. The van der Waals surface area contributed by atoms with Crippen molar-refractivity contribution in [1.29, 1.82) is 0 Å². The van der Waals surface area contributed by atoms with Gasteiger partial charge in [0.15, 0.2) is 5.76 Å². The van der Waals surface area contributed by atoms with Crippen LogP contribution in [-0.2, 0) is 4.79 Å². The zero-order valence-corrected chi connectivity index (χ0v) is 9.81. The van der Waals surface area contributed by atoms with Gasteiger partial charge in [-0.2, -0.15) is 0 Å². The maximum absolute atomic E-state index is 10.4. The zero-order valence-electron chi connectivity index (χ0n) is 9.00. The highest BCUT2D eigenvalue weighted by Crippen LogP contribution is 2.25. The number of benzene rings is 1. The Morgan fingerprint density at radius 3 is 2.82 bits per heavy atom. The van der Waals surface area contributed by atoms with Crippen molar-refractivity contribution in [3.05, 3.63) is 36.4 Å². The maximum Gasteiger partial charge on any atom is 0.304 e. The molecular formula is C12H11NO3S. The minimum atomic E-state index is -0.802. The molecule has 1 aromatic heterocycles.